The molecule has 0 aliphatic rings. The summed E-state index contributed by atoms with van der Waals surface area (Å²) in [6.45, 7) is 7.05. The highest BCUT2D eigenvalue weighted by Crippen LogP contribution is 2.08. The number of aliphatic hydroxyl groups is 1. The number of hydrogen-bond donors (Lipinski definition) is 3. The fourth-order valence-corrected chi connectivity index (χ4v) is 1.95. The third-order valence-corrected chi connectivity index (χ3v) is 3.27. The molecule has 0 saturated carbocycles. The second kappa shape index (κ2) is 9.97. The van der Waals surface area contributed by atoms with Crippen molar-refractivity contribution in [1.82, 2.24) is 5.32 Å². The van der Waals surface area contributed by atoms with E-state index in [1.165, 1.54) is 5.56 Å². The molecule has 21 heavy (non-hydrogen) atoms. The lowest BCUT2D eigenvalue weighted by Crippen LogP contribution is -2.29. The molecule has 1 aromatic rings. The Kier molecular flexibility index (Phi) is 8.17. The first-order valence-electron chi connectivity index (χ1n) is 7.32. The maximum atomic E-state index is 10.1. The van der Waals surface area contributed by atoms with Crippen molar-refractivity contribution in [1.29, 1.82) is 0 Å². The molecule has 1 aromatic carbocycles. The molecule has 0 unspecified atom stereocenters. The summed E-state index contributed by atoms with van der Waals surface area (Å²) in [4.78, 5) is 0. The Morgan fingerprint density at radius 1 is 1.33 bits per heavy atom. The monoisotopic (exact) mass is 286 g/mol. The van der Waals surface area contributed by atoms with E-state index in [9.17, 15) is 5.11 Å². The molecular formula is C18H26N2O. The lowest BCUT2D eigenvalue weighted by Gasteiger charge is -2.13. The molecule has 0 fully saturated rings. The van der Waals surface area contributed by atoms with Gasteiger partial charge in [-0.1, -0.05) is 43.0 Å². The summed E-state index contributed by atoms with van der Waals surface area (Å²) in [5.74, 6) is 0. The van der Waals surface area contributed by atoms with Gasteiger partial charge in [0.15, 0.2) is 0 Å². The topological polar surface area (TPSA) is 44.3 Å². The van der Waals surface area contributed by atoms with Crippen LogP contribution in [-0.4, -0.2) is 31.3 Å². The zero-order valence-electron chi connectivity index (χ0n) is 13.0. The fraction of sp³-hybridized carbons (Fsp3) is 0.333. The third kappa shape index (κ3) is 6.43. The molecular weight excluding hydrogens is 260 g/mol. The molecule has 0 heterocycles. The van der Waals surface area contributed by atoms with Gasteiger partial charge in [0.1, 0.15) is 0 Å². The van der Waals surface area contributed by atoms with E-state index in [-0.39, 0.29) is 0 Å². The van der Waals surface area contributed by atoms with Crippen molar-refractivity contribution < 1.29 is 5.11 Å². The van der Waals surface area contributed by atoms with Gasteiger partial charge in [-0.25, -0.2) is 0 Å². The fourth-order valence-electron chi connectivity index (χ4n) is 1.95. The van der Waals surface area contributed by atoms with Crippen molar-refractivity contribution in [2.75, 3.05) is 25.5 Å². The number of nitrogens with one attached hydrogen (secondary N) is 2. The Hall–Kier alpha value is -1.84. The summed E-state index contributed by atoms with van der Waals surface area (Å²) >= 11 is 0. The Morgan fingerprint density at radius 3 is 2.62 bits per heavy atom. The van der Waals surface area contributed by atoms with Crippen LogP contribution in [0.25, 0.3) is 0 Å². The summed E-state index contributed by atoms with van der Waals surface area (Å²) < 4.78 is 0. The van der Waals surface area contributed by atoms with Gasteiger partial charge in [-0.2, -0.15) is 0 Å². The molecule has 3 heteroatoms. The molecule has 0 spiro atoms. The van der Waals surface area contributed by atoms with Crippen molar-refractivity contribution in [3.63, 3.8) is 0 Å². The molecule has 0 radical (unpaired) electrons. The van der Waals surface area contributed by atoms with E-state index in [0.717, 1.165) is 24.2 Å². The standard InChI is InChI=1S/C18H26N2O/c1-4-6-7-16(5-2)18(21)14-20-13-12-15-8-10-17(19-3)11-9-15/h4-11,18-21H,2,12-14H2,1,3H3/b6-4-,16-7+/t18-/m0/s1. The lowest BCUT2D eigenvalue weighted by atomic mass is 10.1. The lowest BCUT2D eigenvalue weighted by molar-refractivity contribution is 0.211. The van der Waals surface area contributed by atoms with Crippen LogP contribution in [0.5, 0.6) is 0 Å². The minimum Gasteiger partial charge on any atom is -0.388 e. The number of rotatable bonds is 9. The van der Waals surface area contributed by atoms with Gasteiger partial charge < -0.3 is 15.7 Å². The van der Waals surface area contributed by atoms with Crippen LogP contribution in [0, 0.1) is 0 Å². The van der Waals surface area contributed by atoms with Gasteiger partial charge in [-0.05, 0) is 43.2 Å². The van der Waals surface area contributed by atoms with Crippen LogP contribution in [0.15, 0.2) is 60.7 Å². The quantitative estimate of drug-likeness (QED) is 0.483. The zero-order chi connectivity index (χ0) is 15.5. The van der Waals surface area contributed by atoms with Crippen molar-refractivity contribution in [3.8, 4) is 0 Å². The number of allylic oxidation sites excluding steroid dienone is 3. The normalized spacial score (nSPS) is 13.4. The smallest absolute Gasteiger partial charge is 0.0914 e. The van der Waals surface area contributed by atoms with Crippen LogP contribution in [0.3, 0.4) is 0 Å². The summed E-state index contributed by atoms with van der Waals surface area (Å²) in [6, 6.07) is 8.37. The van der Waals surface area contributed by atoms with Crippen molar-refractivity contribution >= 4 is 5.69 Å². The second-order valence-electron chi connectivity index (χ2n) is 4.81. The molecule has 1 rings (SSSR count). The van der Waals surface area contributed by atoms with Gasteiger partial charge >= 0.3 is 0 Å². The second-order valence-corrected chi connectivity index (χ2v) is 4.81. The van der Waals surface area contributed by atoms with Crippen LogP contribution in [0.4, 0.5) is 5.69 Å². The van der Waals surface area contributed by atoms with Gasteiger partial charge in [-0.3, -0.25) is 0 Å². The maximum absolute atomic E-state index is 10.1. The summed E-state index contributed by atoms with van der Waals surface area (Å²) in [7, 11) is 1.91. The molecule has 0 saturated heterocycles. The molecule has 0 aromatic heterocycles. The van der Waals surface area contributed by atoms with E-state index in [4.69, 9.17) is 0 Å². The van der Waals surface area contributed by atoms with Crippen LogP contribution < -0.4 is 10.6 Å². The highest BCUT2D eigenvalue weighted by Gasteiger charge is 2.06. The summed E-state index contributed by atoms with van der Waals surface area (Å²) in [5.41, 5.74) is 3.23. The number of hydrogen-bond acceptors (Lipinski definition) is 3. The predicted octanol–water partition coefficient (Wildman–Crippen LogP) is 2.91. The van der Waals surface area contributed by atoms with Crippen molar-refractivity contribution in [3.05, 3.63) is 66.3 Å². The molecule has 3 nitrogen and oxygen atoms in total. The van der Waals surface area contributed by atoms with Crippen LogP contribution in [-0.2, 0) is 6.42 Å². The number of anilines is 1. The first-order chi connectivity index (χ1) is 10.2. The van der Waals surface area contributed by atoms with E-state index < -0.39 is 6.10 Å². The van der Waals surface area contributed by atoms with Gasteiger partial charge in [-0.15, -0.1) is 0 Å². The molecule has 0 aliphatic carbocycles. The molecule has 1 atom stereocenters. The number of benzene rings is 1. The highest BCUT2D eigenvalue weighted by molar-refractivity contribution is 5.43. The minimum atomic E-state index is -0.523. The largest absolute Gasteiger partial charge is 0.388 e. The van der Waals surface area contributed by atoms with E-state index >= 15 is 0 Å². The average molecular weight is 286 g/mol. The van der Waals surface area contributed by atoms with Gasteiger partial charge in [0.25, 0.3) is 0 Å². The Morgan fingerprint density at radius 2 is 2.05 bits per heavy atom. The maximum Gasteiger partial charge on any atom is 0.0914 e. The molecule has 0 amide bonds. The van der Waals surface area contributed by atoms with Crippen molar-refractivity contribution in [2.45, 2.75) is 19.4 Å². The van der Waals surface area contributed by atoms with E-state index in [0.29, 0.717) is 6.54 Å². The van der Waals surface area contributed by atoms with Crippen LogP contribution in [0.1, 0.15) is 12.5 Å². The van der Waals surface area contributed by atoms with Gasteiger partial charge in [0, 0.05) is 19.3 Å². The third-order valence-electron chi connectivity index (χ3n) is 3.27. The average Bonchev–Trinajstić information content (AvgIpc) is 2.53. The van der Waals surface area contributed by atoms with E-state index in [1.54, 1.807) is 6.08 Å². The summed E-state index contributed by atoms with van der Waals surface area (Å²) in [5, 5.41) is 16.4. The minimum absolute atomic E-state index is 0.523. The first-order valence-corrected chi connectivity index (χ1v) is 7.32. The first kappa shape index (κ1) is 17.2. The molecule has 3 N–H and O–H groups in total. The van der Waals surface area contributed by atoms with Crippen LogP contribution in [0.2, 0.25) is 0 Å². The Balaban J connectivity index is 2.33. The van der Waals surface area contributed by atoms with Crippen LogP contribution >= 0.6 is 0 Å². The van der Waals surface area contributed by atoms with Crippen molar-refractivity contribution in [2.24, 2.45) is 0 Å². The Bertz CT molecular complexity index is 474. The molecule has 0 aliphatic heterocycles. The molecule has 0 bridgehead atoms. The van der Waals surface area contributed by atoms with E-state index in [1.807, 2.05) is 32.2 Å². The van der Waals surface area contributed by atoms with Gasteiger partial charge in [0.05, 0.1) is 6.10 Å². The Labute approximate surface area is 128 Å². The SMILES string of the molecule is C=C/C(=C\C=C/C)[C@@H](O)CNCCc1ccc(NC)cc1. The molecule has 114 valence electrons. The van der Waals surface area contributed by atoms with Gasteiger partial charge in [0.2, 0.25) is 0 Å². The predicted molar refractivity (Wildman–Crippen MR) is 91.7 cm³/mol. The highest BCUT2D eigenvalue weighted by atomic mass is 16.3. The van der Waals surface area contributed by atoms with E-state index in [2.05, 4.69) is 41.5 Å². The zero-order valence-corrected chi connectivity index (χ0v) is 13.0. The summed E-state index contributed by atoms with van der Waals surface area (Å²) in [6.07, 6.45) is 7.84. The number of aliphatic hydroxyl groups excluding tert-OH is 1.